The summed E-state index contributed by atoms with van der Waals surface area (Å²) in [6, 6.07) is 12.7. The third kappa shape index (κ3) is 6.72. The molecule has 9 heteroatoms. The van der Waals surface area contributed by atoms with Gasteiger partial charge in [-0.2, -0.15) is 5.10 Å². The lowest BCUT2D eigenvalue weighted by Gasteiger charge is -2.30. The average molecular weight is 520 g/mol. The predicted octanol–water partition coefficient (Wildman–Crippen LogP) is 3.32. The van der Waals surface area contributed by atoms with E-state index >= 15 is 0 Å². The zero-order valence-electron chi connectivity index (χ0n) is 22.0. The smallest absolute Gasteiger partial charge is 0.273 e. The van der Waals surface area contributed by atoms with Crippen LogP contribution in [0.2, 0.25) is 0 Å². The van der Waals surface area contributed by atoms with Crippen LogP contribution in [-0.4, -0.2) is 64.5 Å². The largest absolute Gasteiger partial charge is 0.353 e. The van der Waals surface area contributed by atoms with E-state index in [1.807, 2.05) is 56.0 Å². The number of halogens is 1. The van der Waals surface area contributed by atoms with E-state index in [4.69, 9.17) is 0 Å². The lowest BCUT2D eigenvalue weighted by atomic mass is 9.86. The van der Waals surface area contributed by atoms with Crippen molar-refractivity contribution in [2.45, 2.75) is 39.8 Å². The number of nitrogens with one attached hydrogen (secondary N) is 2. The Labute approximate surface area is 221 Å². The molecule has 2 aromatic carbocycles. The fourth-order valence-corrected chi connectivity index (χ4v) is 4.51. The molecule has 8 nitrogen and oxygen atoms in total. The van der Waals surface area contributed by atoms with Crippen LogP contribution in [0.5, 0.6) is 0 Å². The van der Waals surface area contributed by atoms with E-state index in [1.54, 1.807) is 22.9 Å². The van der Waals surface area contributed by atoms with Crippen molar-refractivity contribution in [2.75, 3.05) is 26.2 Å². The quantitative estimate of drug-likeness (QED) is 0.476. The molecule has 1 aliphatic rings. The first-order valence-electron chi connectivity index (χ1n) is 12.8. The van der Waals surface area contributed by atoms with E-state index in [0.29, 0.717) is 31.6 Å². The van der Waals surface area contributed by atoms with Crippen molar-refractivity contribution in [1.29, 1.82) is 0 Å². The Balaban J connectivity index is 1.47. The molecule has 1 aliphatic heterocycles. The molecule has 2 N–H and O–H groups in total. The Morgan fingerprint density at radius 2 is 1.84 bits per heavy atom. The van der Waals surface area contributed by atoms with Crippen molar-refractivity contribution < 1.29 is 18.8 Å². The summed E-state index contributed by atoms with van der Waals surface area (Å²) < 4.78 is 15.1. The Hall–Kier alpha value is -3.85. The van der Waals surface area contributed by atoms with Crippen LogP contribution in [0.25, 0.3) is 10.9 Å². The minimum atomic E-state index is -0.802. The summed E-state index contributed by atoms with van der Waals surface area (Å²) in [6.07, 6.45) is 4.27. The van der Waals surface area contributed by atoms with Gasteiger partial charge in [-0.15, -0.1) is 0 Å². The molecule has 1 atom stereocenters. The molecule has 0 saturated heterocycles. The zero-order valence-corrected chi connectivity index (χ0v) is 22.0. The van der Waals surface area contributed by atoms with Crippen LogP contribution in [0.1, 0.15) is 43.2 Å². The first kappa shape index (κ1) is 27.2. The average Bonchev–Trinajstić information content (AvgIpc) is 3.10. The highest BCUT2D eigenvalue weighted by atomic mass is 19.1. The topological polar surface area (TPSA) is 96.3 Å². The van der Waals surface area contributed by atoms with Crippen molar-refractivity contribution in [2.24, 2.45) is 5.41 Å². The Kier molecular flexibility index (Phi) is 8.36. The van der Waals surface area contributed by atoms with E-state index in [1.165, 1.54) is 12.1 Å². The molecule has 2 heterocycles. The van der Waals surface area contributed by atoms with Crippen LogP contribution >= 0.6 is 0 Å². The maximum atomic E-state index is 13.5. The first-order valence-corrected chi connectivity index (χ1v) is 12.8. The lowest BCUT2D eigenvalue weighted by molar-refractivity contribution is -0.125. The molecule has 4 rings (SSSR count). The summed E-state index contributed by atoms with van der Waals surface area (Å²) in [5, 5.41) is 11.1. The number of amides is 2. The molecule has 1 aromatic heterocycles. The predicted molar refractivity (Wildman–Crippen MR) is 144 cm³/mol. The number of benzene rings is 2. The van der Waals surface area contributed by atoms with Gasteiger partial charge in [-0.1, -0.05) is 57.2 Å². The molecule has 38 heavy (non-hydrogen) atoms. The van der Waals surface area contributed by atoms with E-state index < -0.39 is 17.4 Å². The molecule has 0 saturated carbocycles. The van der Waals surface area contributed by atoms with E-state index in [-0.39, 0.29) is 23.2 Å². The molecular formula is C29H34FN5O3. The Morgan fingerprint density at radius 3 is 2.58 bits per heavy atom. The minimum absolute atomic E-state index is 0.0553. The van der Waals surface area contributed by atoms with Crippen molar-refractivity contribution in [1.82, 2.24) is 25.3 Å². The molecule has 0 aliphatic carbocycles. The van der Waals surface area contributed by atoms with Gasteiger partial charge in [0.1, 0.15) is 11.9 Å². The van der Waals surface area contributed by atoms with Gasteiger partial charge in [0, 0.05) is 25.0 Å². The van der Waals surface area contributed by atoms with Gasteiger partial charge < -0.3 is 10.6 Å². The molecule has 0 bridgehead atoms. The summed E-state index contributed by atoms with van der Waals surface area (Å²) in [7, 11) is 0. The molecule has 3 aromatic rings. The standard InChI is InChI=1S/C29H34FN5O3/c1-29(2,3)26(28(38)31-15-17-34-16-7-6-8-22(36)19-34)32-27(37)25-23-9-4-5-10-24(23)35(33-25)18-20-11-13-21(30)14-12-20/h4-6,8-14,26H,7,15-19H2,1-3H3,(H,31,38)(H,32,37). The van der Waals surface area contributed by atoms with Gasteiger partial charge >= 0.3 is 0 Å². The molecule has 200 valence electrons. The van der Waals surface area contributed by atoms with E-state index in [2.05, 4.69) is 15.7 Å². The molecule has 0 radical (unpaired) electrons. The van der Waals surface area contributed by atoms with Crippen LogP contribution in [0, 0.1) is 11.2 Å². The third-order valence-electron chi connectivity index (χ3n) is 6.54. The number of hydrogen-bond acceptors (Lipinski definition) is 5. The molecular weight excluding hydrogens is 485 g/mol. The Bertz CT molecular complexity index is 1340. The van der Waals surface area contributed by atoms with E-state index in [0.717, 1.165) is 24.0 Å². The van der Waals surface area contributed by atoms with Gasteiger partial charge in [0.05, 0.1) is 18.6 Å². The minimum Gasteiger partial charge on any atom is -0.353 e. The zero-order chi connectivity index (χ0) is 27.3. The monoisotopic (exact) mass is 519 g/mol. The van der Waals surface area contributed by atoms with Crippen molar-refractivity contribution in [3.05, 3.63) is 77.8 Å². The summed E-state index contributed by atoms with van der Waals surface area (Å²) in [5.74, 6) is -0.999. The number of aromatic nitrogens is 2. The number of hydrogen-bond donors (Lipinski definition) is 2. The second-order valence-electron chi connectivity index (χ2n) is 10.6. The van der Waals surface area contributed by atoms with Gasteiger partial charge in [-0.25, -0.2) is 4.39 Å². The van der Waals surface area contributed by atoms with Crippen LogP contribution in [-0.2, 0) is 16.1 Å². The number of fused-ring (bicyclic) bond motifs is 1. The number of para-hydroxylation sites is 1. The molecule has 0 fully saturated rings. The molecule has 1 unspecified atom stereocenters. The fourth-order valence-electron chi connectivity index (χ4n) is 4.51. The van der Waals surface area contributed by atoms with Gasteiger partial charge in [0.25, 0.3) is 5.91 Å². The third-order valence-corrected chi connectivity index (χ3v) is 6.54. The van der Waals surface area contributed by atoms with Crippen molar-refractivity contribution >= 4 is 28.5 Å². The SMILES string of the molecule is CC(C)(C)C(NC(=O)c1nn(Cc2ccc(F)cc2)c2ccccc12)C(=O)NCCN1CCC=CC(=O)C1. The summed E-state index contributed by atoms with van der Waals surface area (Å²) >= 11 is 0. The maximum Gasteiger partial charge on any atom is 0.273 e. The van der Waals surface area contributed by atoms with Crippen LogP contribution < -0.4 is 10.6 Å². The number of rotatable bonds is 8. The van der Waals surface area contributed by atoms with Gasteiger partial charge in [-0.3, -0.25) is 24.0 Å². The van der Waals surface area contributed by atoms with Crippen LogP contribution in [0.3, 0.4) is 0 Å². The highest BCUT2D eigenvalue weighted by Gasteiger charge is 2.34. The van der Waals surface area contributed by atoms with Crippen molar-refractivity contribution in [3.8, 4) is 0 Å². The van der Waals surface area contributed by atoms with Crippen molar-refractivity contribution in [3.63, 3.8) is 0 Å². The number of carbonyl (C=O) groups excluding carboxylic acids is 3. The number of ketones is 1. The van der Waals surface area contributed by atoms with Gasteiger partial charge in [-0.05, 0) is 41.7 Å². The molecule has 0 spiro atoms. The maximum absolute atomic E-state index is 13.5. The van der Waals surface area contributed by atoms with Gasteiger partial charge in [0.2, 0.25) is 5.91 Å². The summed E-state index contributed by atoms with van der Waals surface area (Å²) in [6.45, 7) is 8.04. The number of carbonyl (C=O) groups is 3. The molecule has 2 amide bonds. The van der Waals surface area contributed by atoms with Crippen LogP contribution in [0.4, 0.5) is 4.39 Å². The lowest BCUT2D eigenvalue weighted by Crippen LogP contribution is -2.54. The van der Waals surface area contributed by atoms with Crippen LogP contribution in [0.15, 0.2) is 60.7 Å². The second kappa shape index (κ2) is 11.7. The summed E-state index contributed by atoms with van der Waals surface area (Å²) in [4.78, 5) is 40.5. The highest BCUT2D eigenvalue weighted by molar-refractivity contribution is 6.06. The number of nitrogens with zero attached hydrogens (tertiary/aromatic N) is 3. The first-order chi connectivity index (χ1) is 18.1. The Morgan fingerprint density at radius 1 is 1.11 bits per heavy atom. The summed E-state index contributed by atoms with van der Waals surface area (Å²) in [5.41, 5.74) is 1.27. The fraction of sp³-hybridized carbons (Fsp3) is 0.379. The second-order valence-corrected chi connectivity index (χ2v) is 10.6. The normalized spacial score (nSPS) is 15.3. The van der Waals surface area contributed by atoms with E-state index in [9.17, 15) is 18.8 Å². The van der Waals surface area contributed by atoms with Gasteiger partial charge in [0.15, 0.2) is 11.5 Å². The highest BCUT2D eigenvalue weighted by Crippen LogP contribution is 2.23.